The zero-order valence-corrected chi connectivity index (χ0v) is 13.7. The number of aryl methyl sites for hydroxylation is 1. The number of anilines is 1. The summed E-state index contributed by atoms with van der Waals surface area (Å²) in [5, 5.41) is 5.57. The van der Waals surface area contributed by atoms with E-state index in [1.165, 1.54) is 11.8 Å². The normalized spacial score (nSPS) is 10.1. The van der Waals surface area contributed by atoms with Gasteiger partial charge >= 0.3 is 0 Å². The molecule has 0 aliphatic heterocycles. The van der Waals surface area contributed by atoms with Crippen LogP contribution in [0, 0.1) is 6.92 Å². The number of pyridine rings is 1. The van der Waals surface area contributed by atoms with E-state index in [0.29, 0.717) is 6.54 Å². The predicted molar refractivity (Wildman–Crippen MR) is 93.2 cm³/mol. The minimum Gasteiger partial charge on any atom is -0.350 e. The van der Waals surface area contributed by atoms with Gasteiger partial charge in [-0.25, -0.2) is 0 Å². The molecule has 0 fully saturated rings. The van der Waals surface area contributed by atoms with Gasteiger partial charge in [0, 0.05) is 11.9 Å². The molecular weight excluding hydrogens is 310 g/mol. The lowest BCUT2D eigenvalue weighted by molar-refractivity contribution is -0.118. The van der Waals surface area contributed by atoms with Gasteiger partial charge in [0.05, 0.1) is 23.7 Å². The second-order valence-corrected chi connectivity index (χ2v) is 5.99. The van der Waals surface area contributed by atoms with Crippen molar-refractivity contribution in [1.29, 1.82) is 0 Å². The number of hydrogen-bond donors (Lipinski definition) is 2. The van der Waals surface area contributed by atoms with E-state index in [4.69, 9.17) is 0 Å². The van der Waals surface area contributed by atoms with Crippen LogP contribution < -0.4 is 10.6 Å². The van der Waals surface area contributed by atoms with E-state index in [1.807, 2.05) is 49.4 Å². The average Bonchev–Trinajstić information content (AvgIpc) is 2.56. The summed E-state index contributed by atoms with van der Waals surface area (Å²) >= 11 is 1.28. The Kier molecular flexibility index (Phi) is 6.62. The summed E-state index contributed by atoms with van der Waals surface area (Å²) in [4.78, 5) is 27.6. The lowest BCUT2D eigenvalue weighted by atomic mass is 10.2. The monoisotopic (exact) mass is 329 g/mol. The van der Waals surface area contributed by atoms with Crippen LogP contribution in [0.1, 0.15) is 11.3 Å². The number of amides is 2. The predicted octanol–water partition coefficient (Wildman–Crippen LogP) is 2.38. The molecule has 1 heterocycles. The molecule has 2 N–H and O–H groups in total. The number of nitrogens with one attached hydrogen (secondary N) is 2. The summed E-state index contributed by atoms with van der Waals surface area (Å²) in [5.74, 6) is 0.263. The largest absolute Gasteiger partial charge is 0.350 e. The number of rotatable bonds is 7. The highest BCUT2D eigenvalue weighted by molar-refractivity contribution is 8.00. The highest BCUT2D eigenvalue weighted by atomic mass is 32.2. The van der Waals surface area contributed by atoms with Crippen LogP contribution in [0.5, 0.6) is 0 Å². The van der Waals surface area contributed by atoms with Gasteiger partial charge in [0.1, 0.15) is 0 Å². The summed E-state index contributed by atoms with van der Waals surface area (Å²) in [6, 6.07) is 13.1. The Morgan fingerprint density at radius 2 is 1.78 bits per heavy atom. The lowest BCUT2D eigenvalue weighted by Crippen LogP contribution is -2.26. The third-order valence-corrected chi connectivity index (χ3v) is 3.93. The molecule has 23 heavy (non-hydrogen) atoms. The molecule has 0 unspecified atom stereocenters. The molecule has 2 rings (SSSR count). The summed E-state index contributed by atoms with van der Waals surface area (Å²) < 4.78 is 0. The molecule has 6 heteroatoms. The van der Waals surface area contributed by atoms with Crippen molar-refractivity contribution < 1.29 is 9.59 Å². The maximum Gasteiger partial charge on any atom is 0.234 e. The van der Waals surface area contributed by atoms with Crippen molar-refractivity contribution in [3.63, 3.8) is 0 Å². The minimum absolute atomic E-state index is 0.108. The number of carbonyl (C=O) groups excluding carboxylic acids is 2. The number of thioether (sulfide) groups is 1. The fourth-order valence-electron chi connectivity index (χ4n) is 1.81. The Morgan fingerprint density at radius 1 is 1.04 bits per heavy atom. The van der Waals surface area contributed by atoms with Crippen LogP contribution in [0.15, 0.2) is 48.7 Å². The lowest BCUT2D eigenvalue weighted by Gasteiger charge is -2.06. The molecule has 1 aromatic carbocycles. The minimum atomic E-state index is -0.114. The first kappa shape index (κ1) is 17.0. The van der Waals surface area contributed by atoms with Crippen molar-refractivity contribution in [2.75, 3.05) is 16.8 Å². The van der Waals surface area contributed by atoms with Crippen molar-refractivity contribution in [2.45, 2.75) is 13.5 Å². The smallest absolute Gasteiger partial charge is 0.234 e. The van der Waals surface area contributed by atoms with Gasteiger partial charge < -0.3 is 10.6 Å². The summed E-state index contributed by atoms with van der Waals surface area (Å²) in [6.07, 6.45) is 1.69. The molecule has 1 aromatic heterocycles. The third-order valence-electron chi connectivity index (χ3n) is 2.99. The second-order valence-electron chi connectivity index (χ2n) is 5.00. The van der Waals surface area contributed by atoms with Crippen LogP contribution in [0.4, 0.5) is 5.69 Å². The van der Waals surface area contributed by atoms with Gasteiger partial charge in [-0.3, -0.25) is 14.6 Å². The maximum atomic E-state index is 11.8. The van der Waals surface area contributed by atoms with Gasteiger partial charge in [-0.15, -0.1) is 11.8 Å². The standard InChI is InChI=1S/C17H19N3O2S/c1-13-5-7-14(8-6-13)20-17(22)12-23-11-16(21)19-10-15-4-2-3-9-18-15/h2-9H,10-12H2,1H3,(H,19,21)(H,20,22). The Balaban J connectivity index is 1.63. The van der Waals surface area contributed by atoms with Crippen LogP contribution in [0.3, 0.4) is 0 Å². The fourth-order valence-corrected chi connectivity index (χ4v) is 2.46. The SMILES string of the molecule is Cc1ccc(NC(=O)CSCC(=O)NCc2ccccn2)cc1. The molecule has 0 aliphatic carbocycles. The van der Waals surface area contributed by atoms with E-state index in [2.05, 4.69) is 15.6 Å². The molecule has 0 spiro atoms. The maximum absolute atomic E-state index is 11.8. The molecule has 0 bridgehead atoms. The van der Waals surface area contributed by atoms with E-state index < -0.39 is 0 Å². The first-order valence-electron chi connectivity index (χ1n) is 7.24. The van der Waals surface area contributed by atoms with E-state index >= 15 is 0 Å². The highest BCUT2D eigenvalue weighted by Crippen LogP contribution is 2.09. The molecule has 0 saturated carbocycles. The zero-order chi connectivity index (χ0) is 16.5. The molecule has 0 radical (unpaired) electrons. The molecule has 0 saturated heterocycles. The second kappa shape index (κ2) is 8.95. The molecule has 0 aliphatic rings. The van der Waals surface area contributed by atoms with Crippen molar-refractivity contribution in [1.82, 2.24) is 10.3 Å². The number of aromatic nitrogens is 1. The van der Waals surface area contributed by atoms with Crippen LogP contribution in [0.2, 0.25) is 0 Å². The number of hydrogen-bond acceptors (Lipinski definition) is 4. The molecule has 5 nitrogen and oxygen atoms in total. The molecule has 2 amide bonds. The van der Waals surface area contributed by atoms with Gasteiger partial charge in [-0.1, -0.05) is 23.8 Å². The first-order valence-corrected chi connectivity index (χ1v) is 8.40. The van der Waals surface area contributed by atoms with Gasteiger partial charge in [-0.2, -0.15) is 0 Å². The summed E-state index contributed by atoms with van der Waals surface area (Å²) in [5.41, 5.74) is 2.71. The first-order chi connectivity index (χ1) is 11.1. The quantitative estimate of drug-likeness (QED) is 0.818. The van der Waals surface area contributed by atoms with Gasteiger partial charge in [-0.05, 0) is 31.2 Å². The van der Waals surface area contributed by atoms with Crippen LogP contribution in [0.25, 0.3) is 0 Å². The molecule has 2 aromatic rings. The number of benzene rings is 1. The van der Waals surface area contributed by atoms with Gasteiger partial charge in [0.2, 0.25) is 11.8 Å². The Labute approximate surface area is 139 Å². The van der Waals surface area contributed by atoms with Crippen LogP contribution >= 0.6 is 11.8 Å². The summed E-state index contributed by atoms with van der Waals surface area (Å²) in [7, 11) is 0. The highest BCUT2D eigenvalue weighted by Gasteiger charge is 2.06. The van der Waals surface area contributed by atoms with E-state index in [9.17, 15) is 9.59 Å². The van der Waals surface area contributed by atoms with Crippen LogP contribution in [-0.2, 0) is 16.1 Å². The Morgan fingerprint density at radius 3 is 2.48 bits per heavy atom. The Bertz CT molecular complexity index is 645. The topological polar surface area (TPSA) is 71.1 Å². The van der Waals surface area contributed by atoms with Gasteiger partial charge in [0.25, 0.3) is 0 Å². The van der Waals surface area contributed by atoms with Gasteiger partial charge in [0.15, 0.2) is 0 Å². The van der Waals surface area contributed by atoms with Crippen molar-refractivity contribution >= 4 is 29.3 Å². The Hall–Kier alpha value is -2.34. The third kappa shape index (κ3) is 6.52. The van der Waals surface area contributed by atoms with Crippen molar-refractivity contribution in [2.24, 2.45) is 0 Å². The number of nitrogens with zero attached hydrogens (tertiary/aromatic N) is 1. The molecule has 120 valence electrons. The average molecular weight is 329 g/mol. The van der Waals surface area contributed by atoms with E-state index in [0.717, 1.165) is 16.9 Å². The summed E-state index contributed by atoms with van der Waals surface area (Å²) in [6.45, 7) is 2.39. The van der Waals surface area contributed by atoms with Crippen LogP contribution in [-0.4, -0.2) is 28.3 Å². The molecule has 0 atom stereocenters. The van der Waals surface area contributed by atoms with Crippen molar-refractivity contribution in [3.8, 4) is 0 Å². The fraction of sp³-hybridized carbons (Fsp3) is 0.235. The van der Waals surface area contributed by atoms with Crippen molar-refractivity contribution in [3.05, 3.63) is 59.9 Å². The molecular formula is C17H19N3O2S. The number of carbonyl (C=O) groups is 2. The van der Waals surface area contributed by atoms with E-state index in [-0.39, 0.29) is 23.3 Å². The zero-order valence-electron chi connectivity index (χ0n) is 12.9. The van der Waals surface area contributed by atoms with E-state index in [1.54, 1.807) is 6.20 Å².